The lowest BCUT2D eigenvalue weighted by Crippen LogP contribution is -2.21. The standard InChI is InChI=1S/C14H17ClO5S/c1-20-8-9-6-10(7-11(9)14(16)17)21(18,19)13-5-3-2-4-12(13)15/h2-5,9-11H,6-8H2,1H3,(H,16,17)/t9-,10?,11+/m0/s1. The van der Waals surface area contributed by atoms with Gasteiger partial charge in [0.05, 0.1) is 21.1 Å². The first-order valence-electron chi connectivity index (χ1n) is 6.58. The van der Waals surface area contributed by atoms with Crippen molar-refractivity contribution in [2.45, 2.75) is 23.0 Å². The molecule has 1 aliphatic rings. The summed E-state index contributed by atoms with van der Waals surface area (Å²) in [5, 5.41) is 8.67. The number of carboxylic acid groups (broad SMARTS) is 1. The van der Waals surface area contributed by atoms with Crippen molar-refractivity contribution in [3.8, 4) is 0 Å². The van der Waals surface area contributed by atoms with E-state index in [1.54, 1.807) is 12.1 Å². The molecule has 2 rings (SSSR count). The minimum Gasteiger partial charge on any atom is -0.481 e. The quantitative estimate of drug-likeness (QED) is 0.894. The van der Waals surface area contributed by atoms with E-state index >= 15 is 0 Å². The Labute approximate surface area is 128 Å². The normalized spacial score (nSPS) is 25.9. The molecule has 1 saturated carbocycles. The number of ether oxygens (including phenoxy) is 1. The molecule has 1 N–H and O–H groups in total. The lowest BCUT2D eigenvalue weighted by Gasteiger charge is -2.13. The summed E-state index contributed by atoms with van der Waals surface area (Å²) in [5.41, 5.74) is 0. The molecule has 1 unspecified atom stereocenters. The molecule has 0 spiro atoms. The van der Waals surface area contributed by atoms with E-state index in [9.17, 15) is 18.3 Å². The summed E-state index contributed by atoms with van der Waals surface area (Å²) in [5.74, 6) is -1.98. The minimum atomic E-state index is -3.64. The molecule has 1 aromatic carbocycles. The van der Waals surface area contributed by atoms with E-state index in [2.05, 4.69) is 0 Å². The van der Waals surface area contributed by atoms with Crippen molar-refractivity contribution in [3.05, 3.63) is 29.3 Å². The van der Waals surface area contributed by atoms with Gasteiger partial charge in [-0.3, -0.25) is 4.79 Å². The average Bonchev–Trinajstić information content (AvgIpc) is 2.84. The lowest BCUT2D eigenvalue weighted by atomic mass is 9.97. The first-order chi connectivity index (χ1) is 9.87. The zero-order valence-electron chi connectivity index (χ0n) is 11.5. The fourth-order valence-electron chi connectivity index (χ4n) is 2.88. The lowest BCUT2D eigenvalue weighted by molar-refractivity contribution is -0.143. The Bertz CT molecular complexity index is 628. The van der Waals surface area contributed by atoms with E-state index in [1.807, 2.05) is 0 Å². The molecule has 116 valence electrons. The number of halogens is 1. The fraction of sp³-hybridized carbons (Fsp3) is 0.500. The summed E-state index contributed by atoms with van der Waals surface area (Å²) >= 11 is 5.96. The Morgan fingerprint density at radius 1 is 1.38 bits per heavy atom. The van der Waals surface area contributed by atoms with Crippen molar-refractivity contribution in [1.82, 2.24) is 0 Å². The number of rotatable bonds is 5. The number of methoxy groups -OCH3 is 1. The molecular formula is C14H17ClO5S. The largest absolute Gasteiger partial charge is 0.481 e. The third-order valence-corrected chi connectivity index (χ3v) is 6.60. The maximum Gasteiger partial charge on any atom is 0.306 e. The number of carboxylic acids is 1. The van der Waals surface area contributed by atoms with Gasteiger partial charge in [-0.1, -0.05) is 23.7 Å². The predicted octanol–water partition coefficient (Wildman–Crippen LogP) is 2.24. The topological polar surface area (TPSA) is 80.7 Å². The van der Waals surface area contributed by atoms with Crippen LogP contribution < -0.4 is 0 Å². The van der Waals surface area contributed by atoms with Gasteiger partial charge in [-0.05, 0) is 30.9 Å². The minimum absolute atomic E-state index is 0.0684. The second-order valence-corrected chi connectivity index (χ2v) is 7.83. The number of hydrogen-bond donors (Lipinski definition) is 1. The molecule has 3 atom stereocenters. The van der Waals surface area contributed by atoms with Gasteiger partial charge in [0, 0.05) is 13.7 Å². The predicted molar refractivity (Wildman–Crippen MR) is 78.2 cm³/mol. The van der Waals surface area contributed by atoms with Crippen LogP contribution in [0.5, 0.6) is 0 Å². The van der Waals surface area contributed by atoms with Crippen LogP contribution in [0, 0.1) is 11.8 Å². The van der Waals surface area contributed by atoms with Crippen molar-refractivity contribution in [2.75, 3.05) is 13.7 Å². The van der Waals surface area contributed by atoms with Crippen LogP contribution in [0.2, 0.25) is 5.02 Å². The van der Waals surface area contributed by atoms with Gasteiger partial charge in [0.15, 0.2) is 9.84 Å². The van der Waals surface area contributed by atoms with Crippen LogP contribution in [0.25, 0.3) is 0 Å². The van der Waals surface area contributed by atoms with E-state index in [0.717, 1.165) is 0 Å². The molecule has 0 amide bonds. The van der Waals surface area contributed by atoms with Gasteiger partial charge in [-0.15, -0.1) is 0 Å². The zero-order valence-corrected chi connectivity index (χ0v) is 13.1. The van der Waals surface area contributed by atoms with E-state index in [4.69, 9.17) is 16.3 Å². The SMILES string of the molecule is COC[C@@H]1CC(S(=O)(=O)c2ccccc2Cl)C[C@H]1C(=O)O. The van der Waals surface area contributed by atoms with Gasteiger partial charge in [0.1, 0.15) is 0 Å². The fourth-order valence-corrected chi connectivity index (χ4v) is 5.27. The van der Waals surface area contributed by atoms with Crippen molar-refractivity contribution < 1.29 is 23.1 Å². The maximum atomic E-state index is 12.7. The number of aliphatic carboxylic acids is 1. The molecule has 0 radical (unpaired) electrons. The van der Waals surface area contributed by atoms with Gasteiger partial charge >= 0.3 is 5.97 Å². The molecule has 21 heavy (non-hydrogen) atoms. The molecule has 0 aliphatic heterocycles. The molecule has 1 aliphatic carbocycles. The summed E-state index contributed by atoms with van der Waals surface area (Å²) in [7, 11) is -2.16. The molecule has 0 aromatic heterocycles. The summed E-state index contributed by atoms with van der Waals surface area (Å²) in [6.07, 6.45) is 0.370. The Hall–Kier alpha value is -1.11. The smallest absolute Gasteiger partial charge is 0.306 e. The van der Waals surface area contributed by atoms with E-state index < -0.39 is 27.0 Å². The Balaban J connectivity index is 2.30. The number of hydrogen-bond acceptors (Lipinski definition) is 4. The van der Waals surface area contributed by atoms with Gasteiger partial charge in [0.25, 0.3) is 0 Å². The Kier molecular flexibility index (Phi) is 4.91. The van der Waals surface area contributed by atoms with Crippen molar-refractivity contribution in [1.29, 1.82) is 0 Å². The van der Waals surface area contributed by atoms with Gasteiger partial charge in [-0.2, -0.15) is 0 Å². The van der Waals surface area contributed by atoms with Gasteiger partial charge < -0.3 is 9.84 Å². The summed E-state index contributed by atoms with van der Waals surface area (Å²) < 4.78 is 30.3. The van der Waals surface area contributed by atoms with E-state index in [1.165, 1.54) is 19.2 Å². The van der Waals surface area contributed by atoms with E-state index in [-0.39, 0.29) is 35.3 Å². The van der Waals surface area contributed by atoms with Gasteiger partial charge in [0.2, 0.25) is 0 Å². The van der Waals surface area contributed by atoms with Crippen LogP contribution in [-0.4, -0.2) is 38.5 Å². The first-order valence-corrected chi connectivity index (χ1v) is 8.50. The van der Waals surface area contributed by atoms with Crippen LogP contribution in [0.3, 0.4) is 0 Å². The third-order valence-electron chi connectivity index (χ3n) is 3.93. The molecule has 0 bridgehead atoms. The van der Waals surface area contributed by atoms with Crippen LogP contribution in [0.4, 0.5) is 0 Å². The molecule has 0 saturated heterocycles. The average molecular weight is 333 g/mol. The van der Waals surface area contributed by atoms with E-state index in [0.29, 0.717) is 0 Å². The zero-order chi connectivity index (χ0) is 15.6. The number of benzene rings is 1. The highest BCUT2D eigenvalue weighted by molar-refractivity contribution is 7.92. The highest BCUT2D eigenvalue weighted by Crippen LogP contribution is 2.39. The molecule has 0 heterocycles. The van der Waals surface area contributed by atoms with Crippen molar-refractivity contribution >= 4 is 27.4 Å². The first kappa shape index (κ1) is 16.3. The van der Waals surface area contributed by atoms with Crippen LogP contribution in [0.1, 0.15) is 12.8 Å². The summed E-state index contributed by atoms with van der Waals surface area (Å²) in [4.78, 5) is 11.4. The van der Waals surface area contributed by atoms with Crippen molar-refractivity contribution in [2.24, 2.45) is 11.8 Å². The molecular weight excluding hydrogens is 316 g/mol. The second kappa shape index (κ2) is 6.34. The summed E-state index contributed by atoms with van der Waals surface area (Å²) in [6.45, 7) is 0.242. The Morgan fingerprint density at radius 3 is 2.62 bits per heavy atom. The third kappa shape index (κ3) is 3.22. The summed E-state index contributed by atoms with van der Waals surface area (Å²) in [6, 6.07) is 6.24. The monoisotopic (exact) mass is 332 g/mol. The maximum absolute atomic E-state index is 12.7. The van der Waals surface area contributed by atoms with Crippen molar-refractivity contribution in [3.63, 3.8) is 0 Å². The van der Waals surface area contributed by atoms with Crippen LogP contribution >= 0.6 is 11.6 Å². The Morgan fingerprint density at radius 2 is 2.05 bits per heavy atom. The number of carbonyl (C=O) groups is 1. The highest BCUT2D eigenvalue weighted by atomic mass is 35.5. The molecule has 1 aromatic rings. The molecule has 1 fully saturated rings. The van der Waals surface area contributed by atoms with Gasteiger partial charge in [-0.25, -0.2) is 8.42 Å². The highest BCUT2D eigenvalue weighted by Gasteiger charge is 2.45. The van der Waals surface area contributed by atoms with Crippen LogP contribution in [0.15, 0.2) is 29.2 Å². The van der Waals surface area contributed by atoms with Crippen LogP contribution in [-0.2, 0) is 19.4 Å². The number of sulfone groups is 1. The second-order valence-electron chi connectivity index (χ2n) is 5.23. The molecule has 7 heteroatoms. The molecule has 5 nitrogen and oxygen atoms in total.